The molecule has 5 nitrogen and oxygen atoms in total. The number of rotatable bonds is 6. The summed E-state index contributed by atoms with van der Waals surface area (Å²) < 4.78 is 4.60. The number of nitrogens with one attached hydrogen (secondary N) is 2. The highest BCUT2D eigenvalue weighted by Gasteiger charge is 2.33. The van der Waals surface area contributed by atoms with Crippen LogP contribution in [-0.2, 0) is 16.0 Å². The van der Waals surface area contributed by atoms with Crippen molar-refractivity contribution in [1.29, 1.82) is 0 Å². The smallest absolute Gasteiger partial charge is 0.407 e. The second kappa shape index (κ2) is 8.36. The third-order valence-corrected chi connectivity index (χ3v) is 3.49. The fourth-order valence-corrected chi connectivity index (χ4v) is 2.18. The number of alkyl carbamates (subject to hydrolysis) is 1. The molecule has 1 aromatic rings. The number of hydrogen-bond acceptors (Lipinski definition) is 3. The lowest BCUT2D eigenvalue weighted by Gasteiger charge is -2.31. The molecule has 2 amide bonds. The first-order chi connectivity index (χ1) is 10.8. The van der Waals surface area contributed by atoms with Gasteiger partial charge in [-0.3, -0.25) is 4.79 Å². The van der Waals surface area contributed by atoms with Crippen LogP contribution >= 0.6 is 0 Å². The van der Waals surface area contributed by atoms with Gasteiger partial charge in [-0.05, 0) is 17.4 Å². The summed E-state index contributed by atoms with van der Waals surface area (Å²) in [6.45, 7) is 9.43. The number of amides is 2. The van der Waals surface area contributed by atoms with Crippen molar-refractivity contribution >= 4 is 12.0 Å². The van der Waals surface area contributed by atoms with E-state index in [-0.39, 0.29) is 11.9 Å². The number of carbonyl (C=O) groups excluding carboxylic acids is 2. The van der Waals surface area contributed by atoms with Gasteiger partial charge in [-0.15, -0.1) is 6.58 Å². The van der Waals surface area contributed by atoms with Crippen molar-refractivity contribution in [2.45, 2.75) is 39.3 Å². The van der Waals surface area contributed by atoms with Crippen LogP contribution in [0.25, 0.3) is 0 Å². The second-order valence-corrected chi connectivity index (χ2v) is 6.48. The molecule has 1 rings (SSSR count). The van der Waals surface area contributed by atoms with Crippen molar-refractivity contribution in [2.24, 2.45) is 5.41 Å². The Labute approximate surface area is 138 Å². The number of hydrogen-bond donors (Lipinski definition) is 2. The van der Waals surface area contributed by atoms with Gasteiger partial charge in [-0.2, -0.15) is 0 Å². The van der Waals surface area contributed by atoms with Crippen LogP contribution in [0.3, 0.4) is 0 Å². The van der Waals surface area contributed by atoms with Crippen LogP contribution in [0.2, 0.25) is 0 Å². The third kappa shape index (κ3) is 6.14. The van der Waals surface area contributed by atoms with E-state index in [4.69, 9.17) is 0 Å². The quantitative estimate of drug-likeness (QED) is 0.792. The Morgan fingerprint density at radius 1 is 1.22 bits per heavy atom. The van der Waals surface area contributed by atoms with Crippen LogP contribution in [0.4, 0.5) is 4.79 Å². The normalized spacial score (nSPS) is 13.6. The molecule has 126 valence electrons. The predicted octanol–water partition coefficient (Wildman–Crippen LogP) is 2.67. The van der Waals surface area contributed by atoms with Crippen molar-refractivity contribution in [3.8, 4) is 0 Å². The number of benzene rings is 1. The van der Waals surface area contributed by atoms with Crippen molar-refractivity contribution in [3.63, 3.8) is 0 Å². The van der Waals surface area contributed by atoms with E-state index in [0.717, 1.165) is 5.56 Å². The van der Waals surface area contributed by atoms with E-state index in [9.17, 15) is 9.59 Å². The molecule has 23 heavy (non-hydrogen) atoms. The minimum absolute atomic E-state index is 0.214. The second-order valence-electron chi connectivity index (χ2n) is 6.48. The van der Waals surface area contributed by atoms with Crippen molar-refractivity contribution in [1.82, 2.24) is 10.6 Å². The summed E-state index contributed by atoms with van der Waals surface area (Å²) in [5.41, 5.74) is 0.655. The summed E-state index contributed by atoms with van der Waals surface area (Å²) >= 11 is 0. The average molecular weight is 318 g/mol. The highest BCUT2D eigenvalue weighted by atomic mass is 16.5. The van der Waals surface area contributed by atoms with Crippen molar-refractivity contribution in [2.75, 3.05) is 7.11 Å². The summed E-state index contributed by atoms with van der Waals surface area (Å²) in [7, 11) is 1.27. The topological polar surface area (TPSA) is 67.4 Å². The summed E-state index contributed by atoms with van der Waals surface area (Å²) in [6, 6.07) is 8.93. The molecule has 0 fully saturated rings. The first kappa shape index (κ1) is 18.7. The fourth-order valence-electron chi connectivity index (χ4n) is 2.18. The van der Waals surface area contributed by atoms with Gasteiger partial charge in [-0.1, -0.05) is 57.2 Å². The van der Waals surface area contributed by atoms with E-state index in [1.807, 2.05) is 51.1 Å². The first-order valence-corrected chi connectivity index (χ1v) is 7.59. The van der Waals surface area contributed by atoms with E-state index in [0.29, 0.717) is 6.42 Å². The van der Waals surface area contributed by atoms with E-state index in [1.165, 1.54) is 7.11 Å². The largest absolute Gasteiger partial charge is 0.453 e. The van der Waals surface area contributed by atoms with Gasteiger partial charge in [0.05, 0.1) is 13.2 Å². The van der Waals surface area contributed by atoms with Gasteiger partial charge in [0, 0.05) is 0 Å². The Hall–Kier alpha value is -2.30. The molecule has 0 bridgehead atoms. The van der Waals surface area contributed by atoms with Gasteiger partial charge < -0.3 is 15.4 Å². The van der Waals surface area contributed by atoms with Gasteiger partial charge in [0.25, 0.3) is 0 Å². The van der Waals surface area contributed by atoms with E-state index < -0.39 is 17.6 Å². The lowest BCUT2D eigenvalue weighted by Crippen LogP contribution is -2.55. The maximum Gasteiger partial charge on any atom is 0.407 e. The van der Waals surface area contributed by atoms with Gasteiger partial charge >= 0.3 is 6.09 Å². The molecule has 0 aliphatic rings. The molecule has 1 unspecified atom stereocenters. The molecule has 0 aliphatic carbocycles. The summed E-state index contributed by atoms with van der Waals surface area (Å²) in [5, 5.41) is 5.52. The molecule has 0 aliphatic heterocycles. The van der Waals surface area contributed by atoms with Crippen LogP contribution in [0.1, 0.15) is 26.3 Å². The summed E-state index contributed by atoms with van der Waals surface area (Å²) in [4.78, 5) is 24.1. The van der Waals surface area contributed by atoms with Crippen LogP contribution in [0.15, 0.2) is 43.0 Å². The van der Waals surface area contributed by atoms with E-state index in [1.54, 1.807) is 6.08 Å². The van der Waals surface area contributed by atoms with Crippen molar-refractivity contribution in [3.05, 3.63) is 48.6 Å². The standard InChI is InChI=1S/C18H26N2O3/c1-6-14(12-13-10-8-7-9-11-13)19-16(21)15(18(2,3)4)20-17(22)23-5/h6-11,14-15H,1,12H2,2-5H3,(H,19,21)(H,20,22)/t14-,15?/m1/s1. The Kier molecular flexibility index (Phi) is 6.82. The summed E-state index contributed by atoms with van der Waals surface area (Å²) in [6.07, 6.45) is 1.71. The Morgan fingerprint density at radius 3 is 2.30 bits per heavy atom. The molecular formula is C18H26N2O3. The highest BCUT2D eigenvalue weighted by molar-refractivity contribution is 5.86. The molecule has 0 aromatic heterocycles. The minimum atomic E-state index is -0.701. The lowest BCUT2D eigenvalue weighted by atomic mass is 9.86. The van der Waals surface area contributed by atoms with Gasteiger partial charge in [0.2, 0.25) is 5.91 Å². The number of ether oxygens (including phenoxy) is 1. The fraction of sp³-hybridized carbons (Fsp3) is 0.444. The molecule has 0 saturated carbocycles. The molecule has 0 radical (unpaired) electrons. The molecule has 0 saturated heterocycles. The van der Waals surface area contributed by atoms with E-state index >= 15 is 0 Å². The molecule has 0 heterocycles. The van der Waals surface area contributed by atoms with Crippen LogP contribution in [0, 0.1) is 5.41 Å². The zero-order chi connectivity index (χ0) is 17.5. The van der Waals surface area contributed by atoms with Crippen LogP contribution in [0.5, 0.6) is 0 Å². The maximum atomic E-state index is 12.6. The predicted molar refractivity (Wildman–Crippen MR) is 91.1 cm³/mol. The Bertz CT molecular complexity index is 535. The number of carbonyl (C=O) groups is 2. The molecule has 2 atom stereocenters. The summed E-state index contributed by atoms with van der Waals surface area (Å²) in [5.74, 6) is -0.260. The average Bonchev–Trinajstić information content (AvgIpc) is 2.51. The van der Waals surface area contributed by atoms with E-state index in [2.05, 4.69) is 21.9 Å². The number of methoxy groups -OCH3 is 1. The Balaban J connectivity index is 2.78. The van der Waals surface area contributed by atoms with Gasteiger partial charge in [0.15, 0.2) is 0 Å². The first-order valence-electron chi connectivity index (χ1n) is 7.59. The van der Waals surface area contributed by atoms with Crippen molar-refractivity contribution < 1.29 is 14.3 Å². The molecule has 5 heteroatoms. The zero-order valence-corrected chi connectivity index (χ0v) is 14.3. The monoisotopic (exact) mass is 318 g/mol. The third-order valence-electron chi connectivity index (χ3n) is 3.49. The van der Waals surface area contributed by atoms with Crippen LogP contribution in [-0.4, -0.2) is 31.2 Å². The van der Waals surface area contributed by atoms with Crippen LogP contribution < -0.4 is 10.6 Å². The molecule has 1 aromatic carbocycles. The maximum absolute atomic E-state index is 12.6. The SMILES string of the molecule is C=C[C@H](Cc1ccccc1)NC(=O)C(NC(=O)OC)C(C)(C)C. The lowest BCUT2D eigenvalue weighted by molar-refractivity contribution is -0.125. The highest BCUT2D eigenvalue weighted by Crippen LogP contribution is 2.20. The molecule has 0 spiro atoms. The van der Waals surface area contributed by atoms with Gasteiger partial charge in [0.1, 0.15) is 6.04 Å². The minimum Gasteiger partial charge on any atom is -0.453 e. The molecule has 2 N–H and O–H groups in total. The van der Waals surface area contributed by atoms with Gasteiger partial charge in [-0.25, -0.2) is 4.79 Å². The Morgan fingerprint density at radius 2 is 1.83 bits per heavy atom. The molecular weight excluding hydrogens is 292 g/mol. The zero-order valence-electron chi connectivity index (χ0n) is 14.3.